The van der Waals surface area contributed by atoms with Crippen LogP contribution in [0.1, 0.15) is 82.5 Å². The Bertz CT molecular complexity index is 584. The Balaban J connectivity index is 1.36. The first-order valence-corrected chi connectivity index (χ1v) is 9.47. The summed E-state index contributed by atoms with van der Waals surface area (Å²) in [6, 6.07) is 1.06. The van der Waals surface area contributed by atoms with Gasteiger partial charge in [-0.25, -0.2) is 0 Å². The van der Waals surface area contributed by atoms with Crippen molar-refractivity contribution in [2.75, 3.05) is 0 Å². The monoisotopic (exact) mass is 332 g/mol. The molecule has 2 bridgehead atoms. The average Bonchev–Trinajstić information content (AvgIpc) is 3.18. The van der Waals surface area contributed by atoms with Crippen molar-refractivity contribution in [1.29, 1.82) is 0 Å². The predicted molar refractivity (Wildman–Crippen MR) is 89.3 cm³/mol. The van der Waals surface area contributed by atoms with Crippen LogP contribution in [0.25, 0.3) is 0 Å². The molecular formula is C18H28N4O2. The van der Waals surface area contributed by atoms with Gasteiger partial charge >= 0.3 is 0 Å². The zero-order chi connectivity index (χ0) is 16.7. The Morgan fingerprint density at radius 2 is 1.96 bits per heavy atom. The number of fused-ring (bicyclic) bond motifs is 2. The standard InChI is InChI=1S/C18H28N4O2/c1-10(2)16(18-21-17(22-24-18)12-3-4-12)20-15(23)9-11-7-13-5-6-14(8-11)19-13/h10-14,16,19H,3-9H2,1-2H3,(H,20,23). The Hall–Kier alpha value is -1.43. The summed E-state index contributed by atoms with van der Waals surface area (Å²) in [5, 5.41) is 10.9. The van der Waals surface area contributed by atoms with Gasteiger partial charge in [-0.2, -0.15) is 4.98 Å². The molecule has 0 spiro atoms. The van der Waals surface area contributed by atoms with Gasteiger partial charge in [0, 0.05) is 24.4 Å². The summed E-state index contributed by atoms with van der Waals surface area (Å²) in [6.45, 7) is 4.16. The fourth-order valence-corrected chi connectivity index (χ4v) is 4.23. The number of aromatic nitrogens is 2. The molecule has 1 saturated carbocycles. The first kappa shape index (κ1) is 16.1. The van der Waals surface area contributed by atoms with E-state index in [1.165, 1.54) is 12.8 Å². The molecule has 0 radical (unpaired) electrons. The van der Waals surface area contributed by atoms with Crippen molar-refractivity contribution in [3.63, 3.8) is 0 Å². The van der Waals surface area contributed by atoms with Gasteiger partial charge in [0.2, 0.25) is 11.8 Å². The molecule has 2 aliphatic heterocycles. The van der Waals surface area contributed by atoms with Gasteiger partial charge in [-0.1, -0.05) is 19.0 Å². The minimum absolute atomic E-state index is 0.117. The molecule has 1 aromatic rings. The number of hydrogen-bond donors (Lipinski definition) is 2. The number of piperidine rings is 1. The summed E-state index contributed by atoms with van der Waals surface area (Å²) < 4.78 is 5.44. The summed E-state index contributed by atoms with van der Waals surface area (Å²) in [5.74, 6) is 2.68. The zero-order valence-corrected chi connectivity index (χ0v) is 14.6. The topological polar surface area (TPSA) is 80.0 Å². The van der Waals surface area contributed by atoms with Gasteiger partial charge in [-0.15, -0.1) is 0 Å². The lowest BCUT2D eigenvalue weighted by atomic mass is 9.89. The number of nitrogens with zero attached hydrogens (tertiary/aromatic N) is 2. The van der Waals surface area contributed by atoms with E-state index in [1.807, 2.05) is 0 Å². The maximum absolute atomic E-state index is 12.6. The number of hydrogen-bond acceptors (Lipinski definition) is 5. The van der Waals surface area contributed by atoms with Crippen LogP contribution in [0.3, 0.4) is 0 Å². The second-order valence-corrected chi connectivity index (χ2v) is 8.23. The highest BCUT2D eigenvalue weighted by Crippen LogP contribution is 2.39. The largest absolute Gasteiger partial charge is 0.344 e. The van der Waals surface area contributed by atoms with Gasteiger partial charge < -0.3 is 15.2 Å². The molecule has 1 amide bonds. The Kier molecular flexibility index (Phi) is 4.33. The molecule has 6 heteroatoms. The molecule has 6 nitrogen and oxygen atoms in total. The van der Waals surface area contributed by atoms with Gasteiger partial charge in [0.1, 0.15) is 6.04 Å². The quantitative estimate of drug-likeness (QED) is 0.837. The number of nitrogens with one attached hydrogen (secondary N) is 2. The number of carbonyl (C=O) groups is 1. The second-order valence-electron chi connectivity index (χ2n) is 8.23. The van der Waals surface area contributed by atoms with Crippen molar-refractivity contribution < 1.29 is 9.32 Å². The van der Waals surface area contributed by atoms with E-state index >= 15 is 0 Å². The highest BCUT2D eigenvalue weighted by molar-refractivity contribution is 5.76. The number of rotatable bonds is 6. The predicted octanol–water partition coefficient (Wildman–Crippen LogP) is 2.68. The van der Waals surface area contributed by atoms with E-state index in [9.17, 15) is 4.79 Å². The molecule has 3 unspecified atom stereocenters. The zero-order valence-electron chi connectivity index (χ0n) is 14.6. The summed E-state index contributed by atoms with van der Waals surface area (Å²) in [5.41, 5.74) is 0. The van der Waals surface area contributed by atoms with E-state index in [4.69, 9.17) is 4.52 Å². The fraction of sp³-hybridized carbons (Fsp3) is 0.833. The van der Waals surface area contributed by atoms with Gasteiger partial charge in [0.05, 0.1) is 0 Å². The molecule has 1 aliphatic carbocycles. The average molecular weight is 332 g/mol. The smallest absolute Gasteiger partial charge is 0.249 e. The molecule has 4 rings (SSSR count). The number of carbonyl (C=O) groups excluding carboxylic acids is 1. The summed E-state index contributed by atoms with van der Waals surface area (Å²) in [4.78, 5) is 17.1. The Labute approximate surface area is 143 Å². The van der Waals surface area contributed by atoms with Crippen molar-refractivity contribution >= 4 is 5.91 Å². The van der Waals surface area contributed by atoms with Crippen LogP contribution in [0.4, 0.5) is 0 Å². The van der Waals surface area contributed by atoms with Gasteiger partial charge in [0.15, 0.2) is 5.82 Å². The summed E-state index contributed by atoms with van der Waals surface area (Å²) in [6.07, 6.45) is 7.70. The van der Waals surface area contributed by atoms with E-state index in [1.54, 1.807) is 0 Å². The Morgan fingerprint density at radius 3 is 2.58 bits per heavy atom. The first-order valence-electron chi connectivity index (χ1n) is 9.47. The van der Waals surface area contributed by atoms with Gasteiger partial charge in [0.25, 0.3) is 0 Å². The molecule has 3 atom stereocenters. The van der Waals surface area contributed by atoms with Crippen LogP contribution in [0.2, 0.25) is 0 Å². The van der Waals surface area contributed by atoms with Crippen LogP contribution in [0, 0.1) is 11.8 Å². The lowest BCUT2D eigenvalue weighted by Gasteiger charge is -2.29. The summed E-state index contributed by atoms with van der Waals surface area (Å²) in [7, 11) is 0. The molecule has 1 aromatic heterocycles. The van der Waals surface area contributed by atoms with E-state index in [0.717, 1.165) is 31.5 Å². The van der Waals surface area contributed by atoms with Crippen molar-refractivity contribution in [1.82, 2.24) is 20.8 Å². The highest BCUT2D eigenvalue weighted by Gasteiger charge is 2.35. The molecule has 3 heterocycles. The number of amides is 1. The van der Waals surface area contributed by atoms with Crippen LogP contribution >= 0.6 is 0 Å². The molecule has 0 aromatic carbocycles. The van der Waals surface area contributed by atoms with E-state index in [-0.39, 0.29) is 17.9 Å². The normalized spacial score (nSPS) is 30.5. The molecule has 2 saturated heterocycles. The second kappa shape index (κ2) is 6.47. The third-order valence-corrected chi connectivity index (χ3v) is 5.69. The SMILES string of the molecule is CC(C)C(NC(=O)CC1CC2CCC(C1)N2)c1nc(C2CC2)no1. The van der Waals surface area contributed by atoms with Crippen molar-refractivity contribution in [2.45, 2.75) is 82.8 Å². The van der Waals surface area contributed by atoms with Gasteiger partial charge in [-0.3, -0.25) is 4.79 Å². The van der Waals surface area contributed by atoms with Crippen LogP contribution < -0.4 is 10.6 Å². The summed E-state index contributed by atoms with van der Waals surface area (Å²) >= 11 is 0. The molecule has 24 heavy (non-hydrogen) atoms. The molecule has 132 valence electrons. The lowest BCUT2D eigenvalue weighted by molar-refractivity contribution is -0.123. The van der Waals surface area contributed by atoms with E-state index < -0.39 is 0 Å². The Morgan fingerprint density at radius 1 is 1.25 bits per heavy atom. The highest BCUT2D eigenvalue weighted by atomic mass is 16.5. The molecular weight excluding hydrogens is 304 g/mol. The third-order valence-electron chi connectivity index (χ3n) is 5.69. The van der Waals surface area contributed by atoms with Crippen LogP contribution in [0.5, 0.6) is 0 Å². The van der Waals surface area contributed by atoms with Crippen molar-refractivity contribution in [3.05, 3.63) is 11.7 Å². The maximum atomic E-state index is 12.6. The molecule has 3 aliphatic rings. The van der Waals surface area contributed by atoms with Gasteiger partial charge in [-0.05, 0) is 50.4 Å². The first-order chi connectivity index (χ1) is 11.6. The van der Waals surface area contributed by atoms with E-state index in [0.29, 0.717) is 36.2 Å². The van der Waals surface area contributed by atoms with Crippen LogP contribution in [-0.2, 0) is 4.79 Å². The molecule has 3 fully saturated rings. The lowest BCUT2D eigenvalue weighted by Crippen LogP contribution is -2.40. The van der Waals surface area contributed by atoms with Crippen LogP contribution in [-0.4, -0.2) is 28.1 Å². The van der Waals surface area contributed by atoms with E-state index in [2.05, 4.69) is 34.6 Å². The molecule has 2 N–H and O–H groups in total. The fourth-order valence-electron chi connectivity index (χ4n) is 4.23. The third kappa shape index (κ3) is 3.48. The van der Waals surface area contributed by atoms with Crippen molar-refractivity contribution in [2.24, 2.45) is 11.8 Å². The van der Waals surface area contributed by atoms with Crippen LogP contribution in [0.15, 0.2) is 4.52 Å². The maximum Gasteiger partial charge on any atom is 0.249 e. The minimum atomic E-state index is -0.184. The van der Waals surface area contributed by atoms with Crippen molar-refractivity contribution in [3.8, 4) is 0 Å². The minimum Gasteiger partial charge on any atom is -0.344 e.